The highest BCUT2D eigenvalue weighted by Crippen LogP contribution is 2.23. The van der Waals surface area contributed by atoms with Crippen LogP contribution in [0.2, 0.25) is 0 Å². The zero-order chi connectivity index (χ0) is 16.1. The van der Waals surface area contributed by atoms with Gasteiger partial charge in [-0.05, 0) is 42.0 Å². The third kappa shape index (κ3) is 4.69. The number of hydrogen-bond acceptors (Lipinski definition) is 5. The maximum Gasteiger partial charge on any atom is 0.210 e. The predicted octanol–water partition coefficient (Wildman–Crippen LogP) is 4.44. The van der Waals surface area contributed by atoms with Crippen LogP contribution in [0.1, 0.15) is 11.1 Å². The molecular weight excluding hydrogens is 393 g/mol. The summed E-state index contributed by atoms with van der Waals surface area (Å²) in [5.74, 6) is 0.547. The Hall–Kier alpha value is -2.12. The van der Waals surface area contributed by atoms with E-state index in [1.54, 1.807) is 25.5 Å². The van der Waals surface area contributed by atoms with Crippen molar-refractivity contribution in [2.45, 2.75) is 0 Å². The number of rotatable bonds is 3. The number of hydrazone groups is 1. The number of nitrogens with zero attached hydrogens (tertiary/aromatic N) is 2. The third-order valence-corrected chi connectivity index (χ3v) is 3.91. The molecule has 0 bridgehead atoms. The molecule has 0 amide bonds. The highest BCUT2D eigenvalue weighted by molar-refractivity contribution is 8.93. The Morgan fingerprint density at radius 3 is 2.42 bits per heavy atom. The molecule has 2 aromatic rings. The molecule has 0 radical (unpaired) electrons. The molecule has 0 saturated carbocycles. The van der Waals surface area contributed by atoms with Gasteiger partial charge in [-0.3, -0.25) is 5.43 Å². The molecule has 0 spiro atoms. The standard InChI is InChI=1S/C17H14FN3OS.BrH/c1-22-15-8-4-13(5-9-15)16-11-23-17(21-20-16)19-10-12-2-6-14(18)7-3-12;/h2-11,20H,1H3;1H/b19-10+;. The van der Waals surface area contributed by atoms with Crippen molar-refractivity contribution in [3.05, 3.63) is 70.9 Å². The van der Waals surface area contributed by atoms with Crippen LogP contribution in [0.15, 0.2) is 64.0 Å². The van der Waals surface area contributed by atoms with Crippen LogP contribution < -0.4 is 10.2 Å². The molecule has 0 aromatic heterocycles. The van der Waals surface area contributed by atoms with Gasteiger partial charge in [-0.25, -0.2) is 9.38 Å². The van der Waals surface area contributed by atoms with Gasteiger partial charge in [0.2, 0.25) is 5.17 Å². The number of amidine groups is 1. The van der Waals surface area contributed by atoms with Crippen molar-refractivity contribution in [3.63, 3.8) is 0 Å². The van der Waals surface area contributed by atoms with Gasteiger partial charge in [0.25, 0.3) is 0 Å². The quantitative estimate of drug-likeness (QED) is 0.764. The van der Waals surface area contributed by atoms with E-state index in [0.717, 1.165) is 22.6 Å². The predicted molar refractivity (Wildman–Crippen MR) is 103 cm³/mol. The summed E-state index contributed by atoms with van der Waals surface area (Å²) in [5.41, 5.74) is 5.72. The molecule has 24 heavy (non-hydrogen) atoms. The first-order chi connectivity index (χ1) is 11.2. The number of methoxy groups -OCH3 is 1. The maximum atomic E-state index is 12.8. The van der Waals surface area contributed by atoms with E-state index in [1.807, 2.05) is 29.7 Å². The molecular formula is C17H15BrFN3OS. The van der Waals surface area contributed by atoms with E-state index in [2.05, 4.69) is 15.5 Å². The minimum atomic E-state index is -0.264. The van der Waals surface area contributed by atoms with Crippen molar-refractivity contribution < 1.29 is 9.13 Å². The van der Waals surface area contributed by atoms with Crippen LogP contribution in [0.4, 0.5) is 4.39 Å². The van der Waals surface area contributed by atoms with Crippen LogP contribution in [0, 0.1) is 5.82 Å². The Morgan fingerprint density at radius 2 is 1.83 bits per heavy atom. The van der Waals surface area contributed by atoms with Gasteiger partial charge in [-0.15, -0.1) is 22.1 Å². The average molecular weight is 408 g/mol. The van der Waals surface area contributed by atoms with E-state index >= 15 is 0 Å². The molecule has 1 aliphatic heterocycles. The minimum Gasteiger partial charge on any atom is -0.497 e. The highest BCUT2D eigenvalue weighted by atomic mass is 79.9. The number of benzene rings is 2. The number of nitrogens with one attached hydrogen (secondary N) is 1. The van der Waals surface area contributed by atoms with E-state index in [4.69, 9.17) is 4.74 Å². The van der Waals surface area contributed by atoms with E-state index in [9.17, 15) is 4.39 Å². The van der Waals surface area contributed by atoms with Crippen molar-refractivity contribution in [2.24, 2.45) is 10.1 Å². The number of thioether (sulfide) groups is 1. The summed E-state index contributed by atoms with van der Waals surface area (Å²) in [7, 11) is 1.64. The summed E-state index contributed by atoms with van der Waals surface area (Å²) in [5, 5.41) is 6.76. The zero-order valence-corrected chi connectivity index (χ0v) is 15.3. The van der Waals surface area contributed by atoms with Crippen LogP contribution in [-0.4, -0.2) is 18.5 Å². The molecule has 1 heterocycles. The van der Waals surface area contributed by atoms with Crippen LogP contribution in [0.25, 0.3) is 5.70 Å². The summed E-state index contributed by atoms with van der Waals surface area (Å²) in [6.07, 6.45) is 1.65. The number of ether oxygens (including phenoxy) is 1. The van der Waals surface area contributed by atoms with Gasteiger partial charge in [0.15, 0.2) is 0 Å². The number of halogens is 2. The topological polar surface area (TPSA) is 46.0 Å². The van der Waals surface area contributed by atoms with Crippen molar-refractivity contribution >= 4 is 45.8 Å². The van der Waals surface area contributed by atoms with E-state index < -0.39 is 0 Å². The van der Waals surface area contributed by atoms with Gasteiger partial charge in [-0.1, -0.05) is 23.9 Å². The molecule has 0 fully saturated rings. The fraction of sp³-hybridized carbons (Fsp3) is 0.0588. The third-order valence-electron chi connectivity index (χ3n) is 3.15. The molecule has 0 unspecified atom stereocenters. The molecule has 4 nitrogen and oxygen atoms in total. The van der Waals surface area contributed by atoms with Gasteiger partial charge in [-0.2, -0.15) is 0 Å². The summed E-state index contributed by atoms with van der Waals surface area (Å²) in [4.78, 5) is 4.28. The molecule has 124 valence electrons. The summed E-state index contributed by atoms with van der Waals surface area (Å²) in [6, 6.07) is 13.8. The second kappa shape index (κ2) is 8.65. The fourth-order valence-electron chi connectivity index (χ4n) is 1.91. The lowest BCUT2D eigenvalue weighted by Crippen LogP contribution is -2.10. The second-order valence-electron chi connectivity index (χ2n) is 4.69. The lowest BCUT2D eigenvalue weighted by atomic mass is 10.2. The summed E-state index contributed by atoms with van der Waals surface area (Å²) in [6.45, 7) is 0. The maximum absolute atomic E-state index is 12.8. The first-order valence-electron chi connectivity index (χ1n) is 6.89. The molecule has 0 atom stereocenters. The molecule has 1 N–H and O–H groups in total. The summed E-state index contributed by atoms with van der Waals surface area (Å²) < 4.78 is 18.0. The Morgan fingerprint density at radius 1 is 1.12 bits per heavy atom. The highest BCUT2D eigenvalue weighted by Gasteiger charge is 2.08. The number of aliphatic imine (C=N–C) groups is 1. The summed E-state index contributed by atoms with van der Waals surface area (Å²) >= 11 is 1.42. The van der Waals surface area contributed by atoms with Gasteiger partial charge in [0.1, 0.15) is 11.6 Å². The van der Waals surface area contributed by atoms with E-state index in [-0.39, 0.29) is 22.8 Å². The van der Waals surface area contributed by atoms with Gasteiger partial charge in [0.05, 0.1) is 12.8 Å². The van der Waals surface area contributed by atoms with Crippen molar-refractivity contribution in [1.82, 2.24) is 5.43 Å². The van der Waals surface area contributed by atoms with Crippen LogP contribution >= 0.6 is 28.7 Å². The van der Waals surface area contributed by atoms with E-state index in [1.165, 1.54) is 23.9 Å². The van der Waals surface area contributed by atoms with Crippen molar-refractivity contribution in [1.29, 1.82) is 0 Å². The lowest BCUT2D eigenvalue weighted by Gasteiger charge is -2.12. The monoisotopic (exact) mass is 407 g/mol. The molecule has 7 heteroatoms. The number of hydrogen-bond donors (Lipinski definition) is 1. The zero-order valence-electron chi connectivity index (χ0n) is 12.8. The van der Waals surface area contributed by atoms with Gasteiger partial charge in [0, 0.05) is 17.2 Å². The smallest absolute Gasteiger partial charge is 0.210 e. The largest absolute Gasteiger partial charge is 0.497 e. The normalized spacial score (nSPS) is 13.6. The van der Waals surface area contributed by atoms with Gasteiger partial charge < -0.3 is 4.74 Å². The van der Waals surface area contributed by atoms with Crippen molar-refractivity contribution in [3.8, 4) is 5.75 Å². The van der Waals surface area contributed by atoms with E-state index in [0.29, 0.717) is 5.17 Å². The van der Waals surface area contributed by atoms with Gasteiger partial charge >= 0.3 is 0 Å². The molecule has 3 rings (SSSR count). The molecule has 0 saturated heterocycles. The molecule has 2 aromatic carbocycles. The Bertz CT molecular complexity index is 773. The van der Waals surface area contributed by atoms with Crippen molar-refractivity contribution in [2.75, 3.05) is 7.11 Å². The van der Waals surface area contributed by atoms with Crippen LogP contribution in [-0.2, 0) is 0 Å². The van der Waals surface area contributed by atoms with Crippen LogP contribution in [0.5, 0.6) is 5.75 Å². The average Bonchev–Trinajstić information content (AvgIpc) is 2.62. The van der Waals surface area contributed by atoms with Crippen LogP contribution in [0.3, 0.4) is 0 Å². The lowest BCUT2D eigenvalue weighted by molar-refractivity contribution is 0.415. The second-order valence-corrected chi connectivity index (χ2v) is 5.53. The Kier molecular flexibility index (Phi) is 6.57. The first-order valence-corrected chi connectivity index (χ1v) is 7.77. The Labute approximate surface area is 154 Å². The minimum absolute atomic E-state index is 0. The fourth-order valence-corrected chi connectivity index (χ4v) is 2.54. The SMILES string of the molecule is Br.COc1ccc(C2=CSC(/N=C/c3ccc(F)cc3)=NN2)cc1. The molecule has 0 aliphatic carbocycles. The molecule has 1 aliphatic rings. The Balaban J connectivity index is 0.00000208. The first kappa shape index (κ1) is 18.2.